The molecule has 0 fully saturated rings. The molecule has 5 nitrogen and oxygen atoms in total. The number of hydrogen-bond donors (Lipinski definition) is 2. The Morgan fingerprint density at radius 3 is 2.76 bits per heavy atom. The fourth-order valence-electron chi connectivity index (χ4n) is 1.59. The first kappa shape index (κ1) is 15.8. The minimum Gasteiger partial charge on any atom is -0.308 e. The van der Waals surface area contributed by atoms with E-state index in [-0.39, 0.29) is 6.03 Å². The fraction of sp³-hybridized carbons (Fsp3) is 0.357. The highest BCUT2D eigenvalue weighted by Crippen LogP contribution is 2.25. The van der Waals surface area contributed by atoms with Crippen molar-refractivity contribution in [2.45, 2.75) is 31.5 Å². The van der Waals surface area contributed by atoms with Crippen LogP contribution in [0.3, 0.4) is 0 Å². The Labute approximate surface area is 132 Å². The third-order valence-electron chi connectivity index (χ3n) is 2.82. The Hall–Kier alpha value is -1.60. The molecule has 2 aromatic rings. The monoisotopic (exact) mass is 322 g/mol. The summed E-state index contributed by atoms with van der Waals surface area (Å²) in [6, 6.07) is 5.50. The number of aryl methyl sites for hydroxylation is 2. The van der Waals surface area contributed by atoms with Gasteiger partial charge in [0.1, 0.15) is 0 Å². The molecular formula is C14H18N4OS2. The minimum atomic E-state index is -0.304. The van der Waals surface area contributed by atoms with Gasteiger partial charge in [0, 0.05) is 11.4 Å². The molecule has 0 spiro atoms. The van der Waals surface area contributed by atoms with Crippen LogP contribution in [0.1, 0.15) is 24.5 Å². The van der Waals surface area contributed by atoms with E-state index in [0.29, 0.717) is 5.13 Å². The lowest BCUT2D eigenvalue weighted by molar-refractivity contribution is 0.262. The lowest BCUT2D eigenvalue weighted by Gasteiger charge is -2.07. The van der Waals surface area contributed by atoms with Crippen LogP contribution in [0.15, 0.2) is 22.5 Å². The zero-order chi connectivity index (χ0) is 15.2. The number of aromatic nitrogens is 2. The summed E-state index contributed by atoms with van der Waals surface area (Å²) in [7, 11) is 0. The molecule has 112 valence electrons. The van der Waals surface area contributed by atoms with Crippen molar-refractivity contribution >= 4 is 39.9 Å². The number of benzene rings is 1. The normalized spacial score (nSPS) is 10.4. The van der Waals surface area contributed by atoms with Crippen LogP contribution in [0.4, 0.5) is 15.6 Å². The average Bonchev–Trinajstić information content (AvgIpc) is 2.88. The first-order chi connectivity index (χ1) is 10.1. The predicted octanol–water partition coefficient (Wildman–Crippen LogP) is 4.30. The van der Waals surface area contributed by atoms with Gasteiger partial charge in [-0.1, -0.05) is 36.1 Å². The quantitative estimate of drug-likeness (QED) is 0.636. The van der Waals surface area contributed by atoms with E-state index in [4.69, 9.17) is 0 Å². The molecule has 0 unspecified atom stereocenters. The van der Waals surface area contributed by atoms with Gasteiger partial charge in [-0.05, 0) is 43.5 Å². The summed E-state index contributed by atoms with van der Waals surface area (Å²) in [6.07, 6.45) is 1.08. The average molecular weight is 322 g/mol. The summed E-state index contributed by atoms with van der Waals surface area (Å²) in [6.45, 7) is 6.17. The van der Waals surface area contributed by atoms with Crippen molar-refractivity contribution in [3.63, 3.8) is 0 Å². The van der Waals surface area contributed by atoms with E-state index < -0.39 is 0 Å². The molecular weight excluding hydrogens is 304 g/mol. The highest BCUT2D eigenvalue weighted by Gasteiger charge is 2.08. The van der Waals surface area contributed by atoms with Crippen LogP contribution in [-0.4, -0.2) is 22.0 Å². The number of thioether (sulfide) groups is 1. The number of carbonyl (C=O) groups excluding carboxylic acids is 1. The highest BCUT2D eigenvalue weighted by atomic mass is 32.2. The van der Waals surface area contributed by atoms with Gasteiger partial charge < -0.3 is 5.32 Å². The lowest BCUT2D eigenvalue weighted by atomic mass is 10.1. The first-order valence-corrected chi connectivity index (χ1v) is 8.50. The van der Waals surface area contributed by atoms with Crippen molar-refractivity contribution in [3.8, 4) is 0 Å². The maximum absolute atomic E-state index is 11.9. The first-order valence-electron chi connectivity index (χ1n) is 6.70. The van der Waals surface area contributed by atoms with Gasteiger partial charge in [-0.3, -0.25) is 5.32 Å². The zero-order valence-electron chi connectivity index (χ0n) is 12.3. The molecule has 0 bridgehead atoms. The number of hydrogen-bond acceptors (Lipinski definition) is 5. The van der Waals surface area contributed by atoms with E-state index in [1.165, 1.54) is 16.9 Å². The molecule has 0 aliphatic carbocycles. The molecule has 0 atom stereocenters. The summed E-state index contributed by atoms with van der Waals surface area (Å²) in [5.41, 5.74) is 3.10. The van der Waals surface area contributed by atoms with Crippen LogP contribution in [0.5, 0.6) is 0 Å². The van der Waals surface area contributed by atoms with Gasteiger partial charge in [0.05, 0.1) is 0 Å². The van der Waals surface area contributed by atoms with E-state index in [0.717, 1.165) is 27.8 Å². The summed E-state index contributed by atoms with van der Waals surface area (Å²) in [5, 5.41) is 14.0. The second kappa shape index (κ2) is 7.42. The van der Waals surface area contributed by atoms with Crippen LogP contribution < -0.4 is 10.6 Å². The van der Waals surface area contributed by atoms with Crippen molar-refractivity contribution < 1.29 is 4.79 Å². The molecule has 0 saturated heterocycles. The summed E-state index contributed by atoms with van der Waals surface area (Å²) >= 11 is 3.04. The van der Waals surface area contributed by atoms with Crippen LogP contribution in [0, 0.1) is 13.8 Å². The molecule has 2 amide bonds. The molecule has 0 radical (unpaired) electrons. The second-order valence-corrected chi connectivity index (χ2v) is 6.92. The van der Waals surface area contributed by atoms with Gasteiger partial charge in [0.2, 0.25) is 5.13 Å². The van der Waals surface area contributed by atoms with Crippen molar-refractivity contribution in [2.24, 2.45) is 0 Å². The molecule has 7 heteroatoms. The fourth-order valence-corrected chi connectivity index (χ4v) is 3.26. The number of nitrogens with zero attached hydrogens (tertiary/aromatic N) is 2. The molecule has 0 saturated carbocycles. The second-order valence-electron chi connectivity index (χ2n) is 4.60. The molecule has 0 aliphatic rings. The van der Waals surface area contributed by atoms with Crippen molar-refractivity contribution in [2.75, 3.05) is 16.4 Å². The topological polar surface area (TPSA) is 66.9 Å². The molecule has 2 N–H and O–H groups in total. The molecule has 1 aromatic carbocycles. The van der Waals surface area contributed by atoms with Crippen molar-refractivity contribution in [1.82, 2.24) is 10.2 Å². The molecule has 2 rings (SSSR count). The Morgan fingerprint density at radius 1 is 1.24 bits per heavy atom. The standard InChI is InChI=1S/C14H18N4OS2/c1-4-7-20-14-18-17-13(21-14)16-12(19)15-11-6-5-9(2)10(3)8-11/h5-6,8H,4,7H2,1-3H3,(H2,15,16,17,19). The number of rotatable bonds is 5. The van der Waals surface area contributed by atoms with Crippen LogP contribution >= 0.6 is 23.1 Å². The Balaban J connectivity index is 1.91. The van der Waals surface area contributed by atoms with E-state index in [2.05, 4.69) is 27.8 Å². The van der Waals surface area contributed by atoms with Gasteiger partial charge in [-0.15, -0.1) is 10.2 Å². The maximum Gasteiger partial charge on any atom is 0.325 e. The van der Waals surface area contributed by atoms with Gasteiger partial charge in [0.25, 0.3) is 0 Å². The predicted molar refractivity (Wildman–Crippen MR) is 89.5 cm³/mol. The van der Waals surface area contributed by atoms with Gasteiger partial charge >= 0.3 is 6.03 Å². The molecule has 0 aliphatic heterocycles. The summed E-state index contributed by atoms with van der Waals surface area (Å²) < 4.78 is 0.873. The van der Waals surface area contributed by atoms with Gasteiger partial charge in [-0.25, -0.2) is 4.79 Å². The van der Waals surface area contributed by atoms with E-state index in [9.17, 15) is 4.79 Å². The van der Waals surface area contributed by atoms with Crippen molar-refractivity contribution in [1.29, 1.82) is 0 Å². The van der Waals surface area contributed by atoms with E-state index in [1.807, 2.05) is 32.0 Å². The number of urea groups is 1. The Kier molecular flexibility index (Phi) is 5.58. The zero-order valence-corrected chi connectivity index (χ0v) is 13.9. The summed E-state index contributed by atoms with van der Waals surface area (Å²) in [4.78, 5) is 11.9. The summed E-state index contributed by atoms with van der Waals surface area (Å²) in [5.74, 6) is 1.00. The number of carbonyl (C=O) groups is 1. The maximum atomic E-state index is 11.9. The molecule has 21 heavy (non-hydrogen) atoms. The number of amides is 2. The van der Waals surface area contributed by atoms with Crippen LogP contribution in [-0.2, 0) is 0 Å². The minimum absolute atomic E-state index is 0.304. The van der Waals surface area contributed by atoms with Gasteiger partial charge in [-0.2, -0.15) is 0 Å². The van der Waals surface area contributed by atoms with E-state index in [1.54, 1.807) is 11.8 Å². The van der Waals surface area contributed by atoms with E-state index >= 15 is 0 Å². The Morgan fingerprint density at radius 2 is 2.05 bits per heavy atom. The Bertz CT molecular complexity index is 627. The third kappa shape index (κ3) is 4.71. The van der Waals surface area contributed by atoms with Crippen LogP contribution in [0.25, 0.3) is 0 Å². The highest BCUT2D eigenvalue weighted by molar-refractivity contribution is 8.01. The molecule has 1 heterocycles. The number of nitrogens with one attached hydrogen (secondary N) is 2. The third-order valence-corrected chi connectivity index (χ3v) is 5.00. The lowest BCUT2D eigenvalue weighted by Crippen LogP contribution is -2.19. The smallest absolute Gasteiger partial charge is 0.308 e. The SMILES string of the molecule is CCCSc1nnc(NC(=O)Nc2ccc(C)c(C)c2)s1. The van der Waals surface area contributed by atoms with Gasteiger partial charge in [0.15, 0.2) is 4.34 Å². The molecule has 1 aromatic heterocycles. The van der Waals surface area contributed by atoms with Crippen molar-refractivity contribution in [3.05, 3.63) is 29.3 Å². The van der Waals surface area contributed by atoms with Crippen LogP contribution in [0.2, 0.25) is 0 Å². The number of anilines is 2. The largest absolute Gasteiger partial charge is 0.325 e.